The van der Waals surface area contributed by atoms with Crippen molar-refractivity contribution in [3.05, 3.63) is 34.9 Å². The lowest BCUT2D eigenvalue weighted by Gasteiger charge is -2.12. The molecule has 2 N–H and O–H groups in total. The summed E-state index contributed by atoms with van der Waals surface area (Å²) in [5.41, 5.74) is 1.97. The Kier molecular flexibility index (Phi) is 5.13. The minimum atomic E-state index is -1.52. The van der Waals surface area contributed by atoms with Crippen molar-refractivity contribution >= 4 is 21.9 Å². The van der Waals surface area contributed by atoms with Gasteiger partial charge in [-0.25, -0.2) is 4.79 Å². The molecule has 4 nitrogen and oxygen atoms in total. The van der Waals surface area contributed by atoms with E-state index in [1.165, 1.54) is 0 Å². The highest BCUT2D eigenvalue weighted by Crippen LogP contribution is 2.23. The van der Waals surface area contributed by atoms with Crippen molar-refractivity contribution < 1.29 is 15.0 Å². The molecule has 17 heavy (non-hydrogen) atoms. The first-order valence-electron chi connectivity index (χ1n) is 5.05. The predicted molar refractivity (Wildman–Crippen MR) is 65.6 cm³/mol. The summed E-state index contributed by atoms with van der Waals surface area (Å²) in [6, 6.07) is 7.28. The lowest BCUT2D eigenvalue weighted by atomic mass is 9.98. The first-order chi connectivity index (χ1) is 8.10. The van der Waals surface area contributed by atoms with Crippen molar-refractivity contribution in [2.24, 2.45) is 0 Å². The number of aryl methyl sites for hydroxylation is 1. The lowest BCUT2D eigenvalue weighted by molar-refractivity contribution is -0.147. The van der Waals surface area contributed by atoms with Crippen LogP contribution in [0.1, 0.15) is 29.2 Å². The van der Waals surface area contributed by atoms with Gasteiger partial charge in [-0.3, -0.25) is 0 Å². The molecule has 90 valence electrons. The standard InChI is InChI=1S/C12H12BrNO3/c13-7-9-4-3-8(2-1-5-14)6-10(9)11(15)12(16)17/h3-4,6,11,15H,1-2,7H2,(H,16,17). The van der Waals surface area contributed by atoms with Crippen molar-refractivity contribution in [2.45, 2.75) is 24.3 Å². The first kappa shape index (κ1) is 13.7. The van der Waals surface area contributed by atoms with E-state index in [2.05, 4.69) is 15.9 Å². The quantitative estimate of drug-likeness (QED) is 0.816. The highest BCUT2D eigenvalue weighted by atomic mass is 79.9. The highest BCUT2D eigenvalue weighted by molar-refractivity contribution is 9.08. The third-order valence-electron chi connectivity index (χ3n) is 2.41. The molecule has 1 aromatic carbocycles. The molecule has 0 amide bonds. The van der Waals surface area contributed by atoms with Gasteiger partial charge in [0, 0.05) is 11.8 Å². The van der Waals surface area contributed by atoms with Crippen molar-refractivity contribution in [3.8, 4) is 6.07 Å². The zero-order valence-electron chi connectivity index (χ0n) is 9.06. The Morgan fingerprint density at radius 3 is 2.76 bits per heavy atom. The van der Waals surface area contributed by atoms with Gasteiger partial charge in [0.2, 0.25) is 0 Å². The molecule has 1 unspecified atom stereocenters. The van der Waals surface area contributed by atoms with Gasteiger partial charge in [0.1, 0.15) is 0 Å². The molecule has 1 atom stereocenters. The summed E-state index contributed by atoms with van der Waals surface area (Å²) in [6.07, 6.45) is -0.598. The molecule has 0 spiro atoms. The number of halogens is 1. The number of carboxylic acid groups (broad SMARTS) is 1. The summed E-state index contributed by atoms with van der Waals surface area (Å²) in [4.78, 5) is 10.8. The molecule has 0 bridgehead atoms. The van der Waals surface area contributed by atoms with Gasteiger partial charge in [-0.2, -0.15) is 5.26 Å². The van der Waals surface area contributed by atoms with Gasteiger partial charge in [0.25, 0.3) is 0 Å². The topological polar surface area (TPSA) is 81.3 Å². The van der Waals surface area contributed by atoms with Gasteiger partial charge in [0.05, 0.1) is 6.07 Å². The number of alkyl halides is 1. The number of aliphatic hydroxyl groups excluding tert-OH is 1. The number of aliphatic hydroxyl groups is 1. The van der Waals surface area contributed by atoms with Crippen LogP contribution in [-0.4, -0.2) is 16.2 Å². The summed E-state index contributed by atoms with van der Waals surface area (Å²) in [7, 11) is 0. The molecule has 0 aliphatic heterocycles. The maximum absolute atomic E-state index is 10.8. The van der Waals surface area contributed by atoms with Crippen LogP contribution in [0.5, 0.6) is 0 Å². The Hall–Kier alpha value is -1.38. The molecule has 0 aliphatic carbocycles. The van der Waals surface area contributed by atoms with E-state index < -0.39 is 12.1 Å². The molecule has 0 aromatic heterocycles. The SMILES string of the molecule is N#CCCc1ccc(CBr)c(C(O)C(=O)O)c1. The first-order valence-corrected chi connectivity index (χ1v) is 6.17. The molecular weight excluding hydrogens is 286 g/mol. The fourth-order valence-electron chi connectivity index (χ4n) is 1.51. The molecule has 0 radical (unpaired) electrons. The normalized spacial score (nSPS) is 11.8. The van der Waals surface area contributed by atoms with E-state index in [0.717, 1.165) is 11.1 Å². The smallest absolute Gasteiger partial charge is 0.337 e. The van der Waals surface area contributed by atoms with E-state index in [-0.39, 0.29) is 0 Å². The Balaban J connectivity index is 3.06. The summed E-state index contributed by atoms with van der Waals surface area (Å²) >= 11 is 3.25. The van der Waals surface area contributed by atoms with Gasteiger partial charge in [0.15, 0.2) is 6.10 Å². The summed E-state index contributed by atoms with van der Waals surface area (Å²) < 4.78 is 0. The van der Waals surface area contributed by atoms with E-state index in [4.69, 9.17) is 10.4 Å². The molecule has 5 heteroatoms. The monoisotopic (exact) mass is 297 g/mol. The van der Waals surface area contributed by atoms with Crippen LogP contribution in [0.15, 0.2) is 18.2 Å². The fourth-order valence-corrected chi connectivity index (χ4v) is 2.02. The second-order valence-corrected chi connectivity index (χ2v) is 4.13. The Bertz CT molecular complexity index is 454. The molecular formula is C12H12BrNO3. The van der Waals surface area contributed by atoms with Gasteiger partial charge in [-0.15, -0.1) is 0 Å². The summed E-state index contributed by atoms with van der Waals surface area (Å²) in [5, 5.41) is 27.4. The van der Waals surface area contributed by atoms with Crippen LogP contribution in [0.4, 0.5) is 0 Å². The van der Waals surface area contributed by atoms with Crippen LogP contribution in [0.3, 0.4) is 0 Å². The molecule has 0 aliphatic rings. The minimum Gasteiger partial charge on any atom is -0.479 e. The van der Waals surface area contributed by atoms with Crippen LogP contribution in [0.25, 0.3) is 0 Å². The number of nitriles is 1. The number of carbonyl (C=O) groups is 1. The Labute approximate surface area is 108 Å². The number of carboxylic acids is 1. The van der Waals surface area contributed by atoms with E-state index in [1.54, 1.807) is 12.1 Å². The van der Waals surface area contributed by atoms with Gasteiger partial charge in [-0.1, -0.05) is 34.1 Å². The zero-order chi connectivity index (χ0) is 12.8. The third kappa shape index (κ3) is 3.55. The maximum atomic E-state index is 10.8. The van der Waals surface area contributed by atoms with Crippen molar-refractivity contribution in [1.29, 1.82) is 5.26 Å². The average molecular weight is 298 g/mol. The number of benzene rings is 1. The van der Waals surface area contributed by atoms with Crippen LogP contribution in [-0.2, 0) is 16.5 Å². The molecule has 0 heterocycles. The van der Waals surface area contributed by atoms with E-state index in [9.17, 15) is 9.90 Å². The van der Waals surface area contributed by atoms with E-state index >= 15 is 0 Å². The van der Waals surface area contributed by atoms with Crippen LogP contribution in [0.2, 0.25) is 0 Å². The molecule has 0 saturated carbocycles. The van der Waals surface area contributed by atoms with Crippen molar-refractivity contribution in [1.82, 2.24) is 0 Å². The minimum absolute atomic E-state index is 0.371. The van der Waals surface area contributed by atoms with E-state index in [1.807, 2.05) is 12.1 Å². The average Bonchev–Trinajstić information content (AvgIpc) is 2.34. The summed E-state index contributed by atoms with van der Waals surface area (Å²) in [5.74, 6) is -1.27. The number of rotatable bonds is 5. The largest absolute Gasteiger partial charge is 0.479 e. The second-order valence-electron chi connectivity index (χ2n) is 3.57. The highest BCUT2D eigenvalue weighted by Gasteiger charge is 2.19. The lowest BCUT2D eigenvalue weighted by Crippen LogP contribution is -2.12. The van der Waals surface area contributed by atoms with Gasteiger partial charge < -0.3 is 10.2 Å². The van der Waals surface area contributed by atoms with Crippen molar-refractivity contribution in [3.63, 3.8) is 0 Å². The van der Waals surface area contributed by atoms with Gasteiger partial charge in [-0.05, 0) is 23.1 Å². The van der Waals surface area contributed by atoms with Crippen molar-refractivity contribution in [2.75, 3.05) is 0 Å². The number of nitrogens with zero attached hydrogens (tertiary/aromatic N) is 1. The van der Waals surface area contributed by atoms with E-state index in [0.29, 0.717) is 23.7 Å². The summed E-state index contributed by atoms with van der Waals surface area (Å²) in [6.45, 7) is 0. The Morgan fingerprint density at radius 2 is 2.24 bits per heavy atom. The third-order valence-corrected chi connectivity index (χ3v) is 3.01. The predicted octanol–water partition coefficient (Wildman–Crippen LogP) is 2.16. The fraction of sp³-hybridized carbons (Fsp3) is 0.333. The second kappa shape index (κ2) is 6.38. The zero-order valence-corrected chi connectivity index (χ0v) is 10.6. The molecule has 0 fully saturated rings. The molecule has 0 saturated heterocycles. The van der Waals surface area contributed by atoms with Gasteiger partial charge >= 0.3 is 5.97 Å². The number of hydrogen-bond donors (Lipinski definition) is 2. The number of hydrogen-bond acceptors (Lipinski definition) is 3. The maximum Gasteiger partial charge on any atom is 0.337 e. The van der Waals surface area contributed by atoms with Crippen LogP contribution >= 0.6 is 15.9 Å². The molecule has 1 aromatic rings. The Morgan fingerprint density at radius 1 is 1.53 bits per heavy atom. The van der Waals surface area contributed by atoms with Crippen LogP contribution in [0, 0.1) is 11.3 Å². The van der Waals surface area contributed by atoms with Crippen LogP contribution < -0.4 is 0 Å². The molecule has 1 rings (SSSR count). The number of aliphatic carboxylic acids is 1.